The topological polar surface area (TPSA) is 133 Å². The van der Waals surface area contributed by atoms with Gasteiger partial charge >= 0.3 is 19.8 Å². The summed E-state index contributed by atoms with van der Waals surface area (Å²) in [6.07, 6.45) is 22.5. The Morgan fingerprint density at radius 2 is 1.05 bits per heavy atom. The summed E-state index contributed by atoms with van der Waals surface area (Å²) in [4.78, 5) is 35.7. The molecule has 0 amide bonds. The molecule has 2 aromatic carbocycles. The van der Waals surface area contributed by atoms with E-state index in [1.54, 1.807) is 0 Å². The van der Waals surface area contributed by atoms with Gasteiger partial charge in [0, 0.05) is 12.8 Å². The smallest absolute Gasteiger partial charge is 0.462 e. The lowest BCUT2D eigenvalue weighted by molar-refractivity contribution is -0.870. The van der Waals surface area contributed by atoms with Crippen molar-refractivity contribution in [1.29, 1.82) is 0 Å². The number of quaternary nitrogens is 1. The highest BCUT2D eigenvalue weighted by Gasteiger charge is 2.27. The summed E-state index contributed by atoms with van der Waals surface area (Å²) >= 11 is 0. The summed E-state index contributed by atoms with van der Waals surface area (Å²) in [6, 6.07) is 15.8. The number of phosphoric ester groups is 1. The van der Waals surface area contributed by atoms with Crippen LogP contribution in [0.1, 0.15) is 153 Å². The number of phosphoric acid groups is 1. The maximum Gasteiger partial charge on any atom is 0.472 e. The predicted octanol–water partition coefficient (Wildman–Crippen LogP) is 12.3. The van der Waals surface area contributed by atoms with Crippen LogP contribution in [0.15, 0.2) is 58.8 Å². The van der Waals surface area contributed by atoms with Crippen LogP contribution in [0.2, 0.25) is 0 Å². The molecule has 0 radical (unpaired) electrons. The Morgan fingerprint density at radius 1 is 0.603 bits per heavy atom. The van der Waals surface area contributed by atoms with Crippen LogP contribution in [-0.2, 0) is 45.5 Å². The van der Waals surface area contributed by atoms with Crippen molar-refractivity contribution < 1.29 is 42.1 Å². The highest BCUT2D eigenvalue weighted by atomic mass is 31.2. The van der Waals surface area contributed by atoms with Crippen molar-refractivity contribution in [1.82, 2.24) is 0 Å². The maximum atomic E-state index is 12.9. The summed E-state index contributed by atoms with van der Waals surface area (Å²) < 4.78 is 34.4. The SMILES string of the molecule is CCCCCCCCCCCCCCCCCC(=O)OCC(COP(=O)(O)OCC[N+](C)(C)C)OC(=O)CCCc1ccc(/N=N/c2ccc(CCCC)cc2)cc1. The molecule has 0 aliphatic rings. The van der Waals surface area contributed by atoms with Crippen molar-refractivity contribution in [2.24, 2.45) is 10.2 Å². The van der Waals surface area contributed by atoms with Crippen LogP contribution in [0.3, 0.4) is 0 Å². The van der Waals surface area contributed by atoms with Crippen LogP contribution < -0.4 is 0 Å². The van der Waals surface area contributed by atoms with Gasteiger partial charge in [-0.25, -0.2) is 4.57 Å². The molecular weight excluding hydrogens is 753 g/mol. The van der Waals surface area contributed by atoms with Gasteiger partial charge in [0.05, 0.1) is 39.1 Å². The maximum absolute atomic E-state index is 12.9. The van der Waals surface area contributed by atoms with E-state index in [4.69, 9.17) is 18.5 Å². The first kappa shape index (κ1) is 51.2. The number of azo groups is 1. The molecule has 0 spiro atoms. The Bertz CT molecular complexity index is 1450. The number of rotatable bonds is 35. The predicted molar refractivity (Wildman–Crippen MR) is 234 cm³/mol. The number of likely N-dealkylation sites (N-methyl/N-ethyl adjacent to an activating group) is 1. The summed E-state index contributed by atoms with van der Waals surface area (Å²) in [7, 11) is 1.39. The van der Waals surface area contributed by atoms with Gasteiger partial charge in [0.15, 0.2) is 6.10 Å². The van der Waals surface area contributed by atoms with E-state index in [0.29, 0.717) is 23.9 Å². The number of hydrogen-bond acceptors (Lipinski definition) is 9. The minimum Gasteiger partial charge on any atom is -0.462 e. The fraction of sp³-hybridized carbons (Fsp3) is 0.696. The van der Waals surface area contributed by atoms with Gasteiger partial charge in [-0.2, -0.15) is 10.2 Å². The number of hydrogen-bond donors (Lipinski definition) is 1. The Labute approximate surface area is 350 Å². The van der Waals surface area contributed by atoms with Crippen LogP contribution >= 0.6 is 7.82 Å². The number of unbranched alkanes of at least 4 members (excludes halogenated alkanes) is 15. The molecule has 2 atom stereocenters. The lowest BCUT2D eigenvalue weighted by Crippen LogP contribution is -2.37. The van der Waals surface area contributed by atoms with E-state index >= 15 is 0 Å². The summed E-state index contributed by atoms with van der Waals surface area (Å²) in [5.41, 5.74) is 3.87. The molecule has 58 heavy (non-hydrogen) atoms. The fourth-order valence-corrected chi connectivity index (χ4v) is 7.04. The molecule has 11 nitrogen and oxygen atoms in total. The lowest BCUT2D eigenvalue weighted by Gasteiger charge is -2.24. The molecule has 0 saturated heterocycles. The second kappa shape index (κ2) is 31.0. The number of esters is 2. The van der Waals surface area contributed by atoms with Crippen molar-refractivity contribution in [2.75, 3.05) is 47.5 Å². The van der Waals surface area contributed by atoms with Gasteiger partial charge in [-0.05, 0) is 67.5 Å². The molecule has 2 aromatic rings. The third kappa shape index (κ3) is 27.7. The minimum atomic E-state index is -4.42. The monoisotopic (exact) mass is 831 g/mol. The van der Waals surface area contributed by atoms with Crippen molar-refractivity contribution >= 4 is 31.1 Å². The Morgan fingerprint density at radius 3 is 1.53 bits per heavy atom. The fourth-order valence-electron chi connectivity index (χ4n) is 6.30. The number of ether oxygens (including phenoxy) is 2. The normalized spacial score (nSPS) is 13.4. The van der Waals surface area contributed by atoms with Crippen molar-refractivity contribution in [3.05, 3.63) is 59.7 Å². The molecule has 0 saturated carbocycles. The quantitative estimate of drug-likeness (QED) is 0.0239. The highest BCUT2D eigenvalue weighted by Crippen LogP contribution is 2.43. The van der Waals surface area contributed by atoms with E-state index < -0.39 is 32.5 Å². The zero-order chi connectivity index (χ0) is 42.3. The zero-order valence-corrected chi connectivity index (χ0v) is 37.6. The van der Waals surface area contributed by atoms with Crippen LogP contribution in [-0.4, -0.2) is 74.9 Å². The van der Waals surface area contributed by atoms with Gasteiger partial charge in [0.25, 0.3) is 0 Å². The second-order valence-corrected chi connectivity index (χ2v) is 18.0. The van der Waals surface area contributed by atoms with Gasteiger partial charge in [-0.1, -0.05) is 134 Å². The molecule has 12 heteroatoms. The molecule has 0 aromatic heterocycles. The van der Waals surface area contributed by atoms with Crippen molar-refractivity contribution in [3.8, 4) is 0 Å². The third-order valence-electron chi connectivity index (χ3n) is 9.97. The lowest BCUT2D eigenvalue weighted by atomic mass is 10.0. The molecule has 0 aliphatic heterocycles. The van der Waals surface area contributed by atoms with E-state index in [9.17, 15) is 19.0 Å². The van der Waals surface area contributed by atoms with Gasteiger partial charge in [-0.3, -0.25) is 18.6 Å². The molecular formula is C46H77N3O8P+. The number of carbonyl (C=O) groups is 2. The second-order valence-electron chi connectivity index (χ2n) is 16.6. The highest BCUT2D eigenvalue weighted by molar-refractivity contribution is 7.47. The average molecular weight is 831 g/mol. The number of nitrogens with zero attached hydrogens (tertiary/aromatic N) is 3. The first-order valence-electron chi connectivity index (χ1n) is 22.3. The van der Waals surface area contributed by atoms with Gasteiger partial charge in [-0.15, -0.1) is 0 Å². The number of aryl methyl sites for hydroxylation is 2. The molecule has 0 fully saturated rings. The molecule has 0 heterocycles. The van der Waals surface area contributed by atoms with Gasteiger partial charge in [0.1, 0.15) is 19.8 Å². The zero-order valence-electron chi connectivity index (χ0n) is 36.7. The summed E-state index contributed by atoms with van der Waals surface area (Å²) in [5.74, 6) is -0.915. The Balaban J connectivity index is 1.73. The van der Waals surface area contributed by atoms with Crippen LogP contribution in [0, 0.1) is 0 Å². The van der Waals surface area contributed by atoms with E-state index in [1.807, 2.05) is 57.5 Å². The van der Waals surface area contributed by atoms with E-state index in [-0.39, 0.29) is 26.1 Å². The van der Waals surface area contributed by atoms with Crippen LogP contribution in [0.25, 0.3) is 0 Å². The number of carbonyl (C=O) groups excluding carboxylic acids is 2. The van der Waals surface area contributed by atoms with Crippen LogP contribution in [0.4, 0.5) is 11.4 Å². The average Bonchev–Trinajstić information content (AvgIpc) is 3.19. The molecule has 0 bridgehead atoms. The largest absolute Gasteiger partial charge is 0.472 e. The summed E-state index contributed by atoms with van der Waals surface area (Å²) in [6.45, 7) is 4.21. The van der Waals surface area contributed by atoms with E-state index in [1.165, 1.54) is 95.5 Å². The third-order valence-corrected chi connectivity index (χ3v) is 11.0. The summed E-state index contributed by atoms with van der Waals surface area (Å²) in [5, 5.41) is 8.70. The first-order chi connectivity index (χ1) is 27.9. The van der Waals surface area contributed by atoms with Crippen molar-refractivity contribution in [2.45, 2.75) is 161 Å². The Hall–Kier alpha value is -2.95. The van der Waals surface area contributed by atoms with Gasteiger partial charge < -0.3 is 18.9 Å². The van der Waals surface area contributed by atoms with E-state index in [0.717, 1.165) is 42.6 Å². The molecule has 2 unspecified atom stereocenters. The molecule has 328 valence electrons. The minimum absolute atomic E-state index is 0.00674. The number of benzene rings is 2. The molecule has 0 aliphatic carbocycles. The molecule has 2 rings (SSSR count). The molecule has 1 N–H and O–H groups in total. The van der Waals surface area contributed by atoms with Gasteiger partial charge in [0.2, 0.25) is 0 Å². The standard InChI is InChI=1S/C46H76N3O8P/c1-6-8-10-11-12-13-14-15-16-17-18-19-20-21-22-26-45(50)54-38-44(39-56-58(52,53)55-37-36-49(3,4)5)57-46(51)27-23-25-41-30-34-43(35-31-41)48-47-42-32-28-40(29-33-42)24-9-7-2/h28-35,44H,6-27,36-39H2,1-5H3/p+1/b48-47+. The first-order valence-corrected chi connectivity index (χ1v) is 23.8. The van der Waals surface area contributed by atoms with E-state index in [2.05, 4.69) is 36.2 Å². The Kier molecular flexibility index (Phi) is 27.4. The van der Waals surface area contributed by atoms with Crippen LogP contribution in [0.5, 0.6) is 0 Å². The van der Waals surface area contributed by atoms with Crippen molar-refractivity contribution in [3.63, 3.8) is 0 Å².